The van der Waals surface area contributed by atoms with E-state index in [-0.39, 0.29) is 0 Å². The minimum Gasteiger partial charge on any atom is -0.494 e. The number of aromatic nitrogens is 4. The number of allylic oxidation sites excluding steroid dienone is 2. The highest BCUT2D eigenvalue weighted by molar-refractivity contribution is 6.00. The smallest absolute Gasteiger partial charge is 0.265 e. The van der Waals surface area contributed by atoms with Crippen LogP contribution < -0.4 is 37.1 Å². The molecule has 15 heteroatoms. The SMILES string of the molecule is CNc1nc2cc(C(=O)NN)cc(OC)c2n1C/C=C/Cn1c(NC)nc2cc(C(N)=O)cc(OCCCN3CCOCC3)c21. The standard InChI is InChI=1S/C30H40N10O5/c1-33-29-36-22-16-20(28(42)37-32)18-23(43-3)25(22)39(29)8-4-5-9-40-26-21(35-30(40)34-2)15-19(27(31)41)17-24(26)45-12-6-7-38-10-13-44-14-11-38/h4-5,15-18H,6-14,32H2,1-3H3,(H2,31,41)(H,33,36)(H,34,35)(H,37,42)/b5-4+. The first-order valence-corrected chi connectivity index (χ1v) is 14.7. The van der Waals surface area contributed by atoms with Crippen LogP contribution in [0.25, 0.3) is 22.1 Å². The number of methoxy groups -OCH3 is 1. The van der Waals surface area contributed by atoms with Crippen LogP contribution in [0.5, 0.6) is 11.5 Å². The largest absolute Gasteiger partial charge is 0.494 e. The van der Waals surface area contributed by atoms with Gasteiger partial charge in [0, 0.05) is 57.9 Å². The minimum absolute atomic E-state index is 0.334. The lowest BCUT2D eigenvalue weighted by Gasteiger charge is -2.26. The van der Waals surface area contributed by atoms with Gasteiger partial charge in [-0.15, -0.1) is 0 Å². The molecule has 45 heavy (non-hydrogen) atoms. The summed E-state index contributed by atoms with van der Waals surface area (Å²) in [6, 6.07) is 6.66. The van der Waals surface area contributed by atoms with Crippen molar-refractivity contribution in [1.82, 2.24) is 29.4 Å². The van der Waals surface area contributed by atoms with Crippen LogP contribution in [-0.2, 0) is 17.8 Å². The number of ether oxygens (including phenoxy) is 3. The Morgan fingerprint density at radius 1 is 0.933 bits per heavy atom. The van der Waals surface area contributed by atoms with Crippen molar-refractivity contribution in [3.8, 4) is 11.5 Å². The first-order valence-electron chi connectivity index (χ1n) is 14.7. The van der Waals surface area contributed by atoms with Crippen molar-refractivity contribution < 1.29 is 23.8 Å². The average Bonchev–Trinajstić information content (AvgIpc) is 3.61. The molecule has 240 valence electrons. The number of nitrogen functional groups attached to an aromatic ring is 1. The van der Waals surface area contributed by atoms with Crippen LogP contribution in [0.3, 0.4) is 0 Å². The molecule has 2 aromatic carbocycles. The van der Waals surface area contributed by atoms with Gasteiger partial charge in [0.1, 0.15) is 22.5 Å². The first-order chi connectivity index (χ1) is 21.9. The van der Waals surface area contributed by atoms with Crippen molar-refractivity contribution in [2.75, 3.05) is 71.3 Å². The highest BCUT2D eigenvalue weighted by atomic mass is 16.5. The molecule has 7 N–H and O–H groups in total. The summed E-state index contributed by atoms with van der Waals surface area (Å²) in [4.78, 5) is 36.0. The number of morpholine rings is 1. The Balaban J connectivity index is 1.40. The van der Waals surface area contributed by atoms with Gasteiger partial charge in [-0.2, -0.15) is 0 Å². The number of fused-ring (bicyclic) bond motifs is 2. The van der Waals surface area contributed by atoms with Gasteiger partial charge in [-0.1, -0.05) is 12.2 Å². The van der Waals surface area contributed by atoms with E-state index < -0.39 is 11.8 Å². The van der Waals surface area contributed by atoms with Crippen LogP contribution in [0, 0.1) is 0 Å². The van der Waals surface area contributed by atoms with Gasteiger partial charge < -0.3 is 39.7 Å². The van der Waals surface area contributed by atoms with Crippen molar-refractivity contribution >= 4 is 45.8 Å². The number of benzene rings is 2. The summed E-state index contributed by atoms with van der Waals surface area (Å²) < 4.78 is 21.3. The van der Waals surface area contributed by atoms with Crippen molar-refractivity contribution in [2.24, 2.45) is 11.6 Å². The third kappa shape index (κ3) is 6.79. The second-order valence-corrected chi connectivity index (χ2v) is 10.4. The molecule has 3 heterocycles. The van der Waals surface area contributed by atoms with Crippen molar-refractivity contribution in [1.29, 1.82) is 0 Å². The Kier molecular flexibility index (Phi) is 10.0. The second-order valence-electron chi connectivity index (χ2n) is 10.4. The predicted molar refractivity (Wildman–Crippen MR) is 172 cm³/mol. The van der Waals surface area contributed by atoms with Gasteiger partial charge in [0.15, 0.2) is 0 Å². The maximum absolute atomic E-state index is 12.2. The number of nitrogens with two attached hydrogens (primary N) is 2. The molecule has 0 bridgehead atoms. The lowest BCUT2D eigenvalue weighted by molar-refractivity contribution is 0.0358. The van der Waals surface area contributed by atoms with Crippen LogP contribution in [0.15, 0.2) is 36.4 Å². The maximum Gasteiger partial charge on any atom is 0.265 e. The molecule has 0 atom stereocenters. The molecule has 5 rings (SSSR count). The van der Waals surface area contributed by atoms with Crippen LogP contribution in [-0.4, -0.2) is 96.5 Å². The summed E-state index contributed by atoms with van der Waals surface area (Å²) in [6.45, 7) is 5.62. The Bertz CT molecular complexity index is 1710. The van der Waals surface area contributed by atoms with Crippen molar-refractivity contribution in [2.45, 2.75) is 19.5 Å². The van der Waals surface area contributed by atoms with E-state index in [0.717, 1.165) is 50.3 Å². The molecule has 0 spiro atoms. The topological polar surface area (TPSA) is 189 Å². The average molecular weight is 621 g/mol. The predicted octanol–water partition coefficient (Wildman–Crippen LogP) is 1.54. The molecule has 0 radical (unpaired) electrons. The number of carbonyl (C=O) groups is 2. The fourth-order valence-electron chi connectivity index (χ4n) is 5.47. The number of nitrogens with zero attached hydrogens (tertiary/aromatic N) is 5. The van der Waals surface area contributed by atoms with Crippen LogP contribution >= 0.6 is 0 Å². The molecule has 1 saturated heterocycles. The minimum atomic E-state index is -0.547. The Morgan fingerprint density at radius 3 is 2.07 bits per heavy atom. The summed E-state index contributed by atoms with van der Waals surface area (Å²) >= 11 is 0. The van der Waals surface area contributed by atoms with E-state index in [2.05, 4.69) is 25.9 Å². The highest BCUT2D eigenvalue weighted by Crippen LogP contribution is 2.32. The van der Waals surface area contributed by atoms with E-state index in [9.17, 15) is 9.59 Å². The normalized spacial score (nSPS) is 13.9. The fourth-order valence-corrected chi connectivity index (χ4v) is 5.47. The third-order valence-electron chi connectivity index (χ3n) is 7.68. The second kappa shape index (κ2) is 14.3. The van der Waals surface area contributed by atoms with E-state index >= 15 is 0 Å². The quantitative estimate of drug-likeness (QED) is 0.0452. The van der Waals surface area contributed by atoms with Gasteiger partial charge in [-0.25, -0.2) is 15.8 Å². The van der Waals surface area contributed by atoms with Crippen molar-refractivity contribution in [3.63, 3.8) is 0 Å². The van der Waals surface area contributed by atoms with Gasteiger partial charge >= 0.3 is 0 Å². The van der Waals surface area contributed by atoms with E-state index in [1.165, 1.54) is 0 Å². The summed E-state index contributed by atoms with van der Waals surface area (Å²) in [6.07, 6.45) is 4.84. The Labute approximate surface area is 260 Å². The summed E-state index contributed by atoms with van der Waals surface area (Å²) in [5.74, 6) is 6.61. The lowest BCUT2D eigenvalue weighted by atomic mass is 10.1. The number of rotatable bonds is 14. The number of amides is 2. The number of hydrazine groups is 1. The number of carbonyl (C=O) groups excluding carboxylic acids is 2. The number of anilines is 2. The zero-order chi connectivity index (χ0) is 31.9. The third-order valence-corrected chi connectivity index (χ3v) is 7.68. The van der Waals surface area contributed by atoms with E-state index in [1.807, 2.05) is 21.3 Å². The van der Waals surface area contributed by atoms with Gasteiger partial charge in [0.05, 0.1) is 38.0 Å². The Hall–Kier alpha value is -4.86. The number of hydrogen-bond acceptors (Lipinski definition) is 11. The zero-order valence-corrected chi connectivity index (χ0v) is 25.8. The number of nitrogens with one attached hydrogen (secondary N) is 3. The molecule has 2 aromatic heterocycles. The Morgan fingerprint density at radius 2 is 1.51 bits per heavy atom. The van der Waals surface area contributed by atoms with Gasteiger partial charge in [0.25, 0.3) is 5.91 Å². The maximum atomic E-state index is 12.2. The number of imidazole rings is 2. The van der Waals surface area contributed by atoms with E-state index in [1.54, 1.807) is 45.5 Å². The van der Waals surface area contributed by atoms with Gasteiger partial charge in [-0.05, 0) is 30.7 Å². The molecule has 2 amide bonds. The summed E-state index contributed by atoms with van der Waals surface area (Å²) in [5, 5.41) is 6.26. The van der Waals surface area contributed by atoms with Crippen molar-refractivity contribution in [3.05, 3.63) is 47.5 Å². The number of hydrogen-bond donors (Lipinski definition) is 5. The molecule has 4 aromatic rings. The first kappa shape index (κ1) is 31.6. The molecule has 1 aliphatic rings. The highest BCUT2D eigenvalue weighted by Gasteiger charge is 2.19. The van der Waals surface area contributed by atoms with Crippen LogP contribution in [0.4, 0.5) is 11.9 Å². The summed E-state index contributed by atoms with van der Waals surface area (Å²) in [7, 11) is 5.11. The molecule has 1 fully saturated rings. The fraction of sp³-hybridized carbons (Fsp3) is 0.400. The molecule has 0 aliphatic carbocycles. The molecular weight excluding hydrogens is 580 g/mol. The monoisotopic (exact) mass is 620 g/mol. The molecule has 0 saturated carbocycles. The molecule has 1 aliphatic heterocycles. The number of primary amides is 1. The van der Waals surface area contributed by atoms with E-state index in [4.69, 9.17) is 30.8 Å². The molecule has 15 nitrogen and oxygen atoms in total. The van der Waals surface area contributed by atoms with Crippen LogP contribution in [0.1, 0.15) is 27.1 Å². The van der Waals surface area contributed by atoms with E-state index in [0.29, 0.717) is 65.3 Å². The zero-order valence-electron chi connectivity index (χ0n) is 25.8. The van der Waals surface area contributed by atoms with Crippen LogP contribution in [0.2, 0.25) is 0 Å². The molecule has 0 unspecified atom stereocenters. The summed E-state index contributed by atoms with van der Waals surface area (Å²) in [5.41, 5.74) is 11.1. The molecular formula is C30H40N10O5. The van der Waals surface area contributed by atoms with Gasteiger partial charge in [0.2, 0.25) is 17.8 Å². The van der Waals surface area contributed by atoms with Gasteiger partial charge in [-0.3, -0.25) is 19.9 Å². The lowest BCUT2D eigenvalue weighted by Crippen LogP contribution is -2.37.